The molecule has 1 aromatic heterocycles. The Morgan fingerprint density at radius 3 is 2.60 bits per heavy atom. The third-order valence-corrected chi connectivity index (χ3v) is 2.55. The van der Waals surface area contributed by atoms with Gasteiger partial charge in [0.1, 0.15) is 5.76 Å². The minimum Gasteiger partial charge on any atom is -0.444 e. The van der Waals surface area contributed by atoms with E-state index in [-0.39, 0.29) is 24.9 Å². The molecule has 1 heterocycles. The second-order valence-corrected chi connectivity index (χ2v) is 4.19. The fourth-order valence-electron chi connectivity index (χ4n) is 1.57. The summed E-state index contributed by atoms with van der Waals surface area (Å²) in [5, 5.41) is 5.15. The highest BCUT2D eigenvalue weighted by Gasteiger charge is 2.08. The van der Waals surface area contributed by atoms with Gasteiger partial charge < -0.3 is 15.1 Å². The van der Waals surface area contributed by atoms with E-state index < -0.39 is 0 Å². The number of nitrogens with one attached hydrogen (secondary N) is 2. The Kier molecular flexibility index (Phi) is 4.49. The Labute approximate surface area is 116 Å². The average Bonchev–Trinajstić information content (AvgIpc) is 2.89. The number of carbonyl (C=O) groups excluding carboxylic acids is 2. The number of aromatic nitrogens is 1. The van der Waals surface area contributed by atoms with Crippen LogP contribution in [-0.2, 0) is 11.3 Å². The molecule has 6 nitrogen and oxygen atoms in total. The predicted molar refractivity (Wildman–Crippen MR) is 71.9 cm³/mol. The zero-order chi connectivity index (χ0) is 14.4. The molecule has 0 aliphatic carbocycles. The molecule has 1 aromatic carbocycles. The van der Waals surface area contributed by atoms with Gasteiger partial charge in [-0.1, -0.05) is 18.2 Å². The molecule has 0 bridgehead atoms. The number of carbonyl (C=O) groups is 2. The van der Waals surface area contributed by atoms with E-state index in [1.165, 1.54) is 0 Å². The second-order valence-electron chi connectivity index (χ2n) is 4.19. The van der Waals surface area contributed by atoms with Gasteiger partial charge in [-0.25, -0.2) is 4.98 Å². The molecule has 2 aromatic rings. The largest absolute Gasteiger partial charge is 0.444 e. The Hall–Kier alpha value is -2.63. The fourth-order valence-corrected chi connectivity index (χ4v) is 1.57. The molecule has 0 fully saturated rings. The van der Waals surface area contributed by atoms with E-state index in [1.807, 2.05) is 6.07 Å². The van der Waals surface area contributed by atoms with Crippen LogP contribution in [0.2, 0.25) is 0 Å². The molecule has 0 atom stereocenters. The summed E-state index contributed by atoms with van der Waals surface area (Å²) in [5.74, 6) is 0.537. The second kappa shape index (κ2) is 6.51. The van der Waals surface area contributed by atoms with Crippen LogP contribution in [0.1, 0.15) is 22.0 Å². The molecular weight excluding hydrogens is 258 g/mol. The molecular formula is C14H15N3O3. The highest BCUT2D eigenvalue weighted by molar-refractivity contribution is 5.96. The fraction of sp³-hybridized carbons (Fsp3) is 0.214. The third-order valence-electron chi connectivity index (χ3n) is 2.55. The van der Waals surface area contributed by atoms with Crippen molar-refractivity contribution in [2.45, 2.75) is 13.5 Å². The van der Waals surface area contributed by atoms with Crippen LogP contribution in [0, 0.1) is 6.92 Å². The zero-order valence-corrected chi connectivity index (χ0v) is 11.1. The minimum atomic E-state index is -0.301. The zero-order valence-electron chi connectivity index (χ0n) is 11.1. The van der Waals surface area contributed by atoms with Gasteiger partial charge in [-0.2, -0.15) is 0 Å². The topological polar surface area (TPSA) is 84.2 Å². The van der Waals surface area contributed by atoms with E-state index >= 15 is 0 Å². The Bertz CT molecular complexity index is 593. The highest BCUT2D eigenvalue weighted by Crippen LogP contribution is 2.00. The van der Waals surface area contributed by atoms with E-state index in [2.05, 4.69) is 15.6 Å². The van der Waals surface area contributed by atoms with E-state index in [0.717, 1.165) is 0 Å². The van der Waals surface area contributed by atoms with Gasteiger partial charge in [-0.3, -0.25) is 9.59 Å². The van der Waals surface area contributed by atoms with Crippen molar-refractivity contribution < 1.29 is 14.0 Å². The first-order valence-electron chi connectivity index (χ1n) is 6.16. The summed E-state index contributed by atoms with van der Waals surface area (Å²) in [5.41, 5.74) is 0.517. The van der Waals surface area contributed by atoms with Gasteiger partial charge in [0.2, 0.25) is 11.8 Å². The molecule has 0 saturated heterocycles. The van der Waals surface area contributed by atoms with Crippen LogP contribution in [0.3, 0.4) is 0 Å². The molecule has 6 heteroatoms. The molecule has 0 spiro atoms. The summed E-state index contributed by atoms with van der Waals surface area (Å²) < 4.78 is 5.22. The predicted octanol–water partition coefficient (Wildman–Crippen LogP) is 1.03. The first-order valence-corrected chi connectivity index (χ1v) is 6.16. The number of amides is 2. The van der Waals surface area contributed by atoms with Crippen molar-refractivity contribution in [3.8, 4) is 0 Å². The molecule has 2 amide bonds. The lowest BCUT2D eigenvalue weighted by molar-refractivity contribution is -0.120. The summed E-state index contributed by atoms with van der Waals surface area (Å²) in [6.07, 6.45) is 1.58. The standard InChI is InChI=1S/C14H15N3O3/c1-10-7-16-13(20-10)9-15-12(18)8-17-14(19)11-5-3-2-4-6-11/h2-7H,8-9H2,1H3,(H,15,18)(H,17,19). The molecule has 0 aliphatic rings. The highest BCUT2D eigenvalue weighted by atomic mass is 16.4. The van der Waals surface area contributed by atoms with Crippen molar-refractivity contribution in [1.82, 2.24) is 15.6 Å². The lowest BCUT2D eigenvalue weighted by Gasteiger charge is -2.05. The van der Waals surface area contributed by atoms with Crippen LogP contribution in [0.4, 0.5) is 0 Å². The summed E-state index contributed by atoms with van der Waals surface area (Å²) in [6.45, 7) is 1.89. The van der Waals surface area contributed by atoms with Crippen molar-refractivity contribution in [1.29, 1.82) is 0 Å². The van der Waals surface area contributed by atoms with Crippen molar-refractivity contribution >= 4 is 11.8 Å². The Balaban J connectivity index is 1.74. The van der Waals surface area contributed by atoms with Crippen molar-refractivity contribution in [3.05, 3.63) is 53.7 Å². The quantitative estimate of drug-likeness (QED) is 0.852. The number of rotatable bonds is 5. The molecule has 0 saturated carbocycles. The number of hydrogen-bond acceptors (Lipinski definition) is 4. The minimum absolute atomic E-state index is 0.0899. The molecule has 20 heavy (non-hydrogen) atoms. The van der Waals surface area contributed by atoms with Crippen molar-refractivity contribution in [2.75, 3.05) is 6.54 Å². The summed E-state index contributed by atoms with van der Waals surface area (Å²) in [6, 6.07) is 8.72. The molecule has 0 unspecified atom stereocenters. The third kappa shape index (κ3) is 3.94. The van der Waals surface area contributed by atoms with Gasteiger partial charge >= 0.3 is 0 Å². The van der Waals surface area contributed by atoms with Crippen LogP contribution in [-0.4, -0.2) is 23.3 Å². The number of oxazole rings is 1. The molecule has 2 N–H and O–H groups in total. The van der Waals surface area contributed by atoms with E-state index in [9.17, 15) is 9.59 Å². The average molecular weight is 273 g/mol. The number of aryl methyl sites for hydroxylation is 1. The van der Waals surface area contributed by atoms with Crippen molar-refractivity contribution in [3.63, 3.8) is 0 Å². The first kappa shape index (κ1) is 13.8. The number of nitrogens with zero attached hydrogens (tertiary/aromatic N) is 1. The SMILES string of the molecule is Cc1cnc(CNC(=O)CNC(=O)c2ccccc2)o1. The van der Waals surface area contributed by atoms with Gasteiger partial charge in [-0.05, 0) is 19.1 Å². The molecule has 0 aliphatic heterocycles. The van der Waals surface area contributed by atoms with Crippen LogP contribution >= 0.6 is 0 Å². The van der Waals surface area contributed by atoms with Crippen LogP contribution in [0.5, 0.6) is 0 Å². The van der Waals surface area contributed by atoms with Gasteiger partial charge in [0, 0.05) is 5.56 Å². The summed E-state index contributed by atoms with van der Waals surface area (Å²) in [7, 11) is 0. The van der Waals surface area contributed by atoms with E-state index in [4.69, 9.17) is 4.42 Å². The first-order chi connectivity index (χ1) is 9.65. The number of benzene rings is 1. The maximum Gasteiger partial charge on any atom is 0.251 e. The van der Waals surface area contributed by atoms with E-state index in [0.29, 0.717) is 17.2 Å². The summed E-state index contributed by atoms with van der Waals surface area (Å²) in [4.78, 5) is 27.2. The van der Waals surface area contributed by atoms with Crippen LogP contribution in [0.15, 0.2) is 40.9 Å². The normalized spacial score (nSPS) is 10.1. The number of hydrogen-bond donors (Lipinski definition) is 2. The van der Waals surface area contributed by atoms with E-state index in [1.54, 1.807) is 37.4 Å². The van der Waals surface area contributed by atoms with Crippen molar-refractivity contribution in [2.24, 2.45) is 0 Å². The summed E-state index contributed by atoms with van der Waals surface area (Å²) >= 11 is 0. The lowest BCUT2D eigenvalue weighted by atomic mass is 10.2. The van der Waals surface area contributed by atoms with Gasteiger partial charge in [-0.15, -0.1) is 0 Å². The maximum atomic E-state index is 11.7. The monoisotopic (exact) mass is 273 g/mol. The van der Waals surface area contributed by atoms with Gasteiger partial charge in [0.05, 0.1) is 19.3 Å². The van der Waals surface area contributed by atoms with Gasteiger partial charge in [0.15, 0.2) is 0 Å². The Morgan fingerprint density at radius 2 is 1.95 bits per heavy atom. The molecule has 0 radical (unpaired) electrons. The molecule has 104 valence electrons. The Morgan fingerprint density at radius 1 is 1.20 bits per heavy atom. The van der Waals surface area contributed by atoms with Crippen LogP contribution in [0.25, 0.3) is 0 Å². The maximum absolute atomic E-state index is 11.7. The lowest BCUT2D eigenvalue weighted by Crippen LogP contribution is -2.36. The smallest absolute Gasteiger partial charge is 0.251 e. The van der Waals surface area contributed by atoms with Gasteiger partial charge in [0.25, 0.3) is 5.91 Å². The molecule has 2 rings (SSSR count). The van der Waals surface area contributed by atoms with Crippen LogP contribution < -0.4 is 10.6 Å².